The van der Waals surface area contributed by atoms with E-state index in [1.54, 1.807) is 4.90 Å². The van der Waals surface area contributed by atoms with E-state index in [1.165, 1.54) is 0 Å². The number of halogens is 3. The van der Waals surface area contributed by atoms with Gasteiger partial charge in [-0.2, -0.15) is 0 Å². The van der Waals surface area contributed by atoms with Crippen molar-refractivity contribution in [2.75, 3.05) is 4.90 Å². The molecule has 0 atom stereocenters. The summed E-state index contributed by atoms with van der Waals surface area (Å²) in [5.74, 6) is 0.444. The minimum atomic E-state index is -0.156. The van der Waals surface area contributed by atoms with Gasteiger partial charge in [-0.1, -0.05) is 78.1 Å². The van der Waals surface area contributed by atoms with Crippen LogP contribution in [-0.2, 0) is 4.79 Å². The Hall–Kier alpha value is -2.02. The van der Waals surface area contributed by atoms with Gasteiger partial charge in [-0.15, -0.1) is 0 Å². The second-order valence-corrected chi connectivity index (χ2v) is 8.80. The maximum absolute atomic E-state index is 13.3. The van der Waals surface area contributed by atoms with Crippen molar-refractivity contribution in [2.24, 2.45) is 4.99 Å². The quantitative estimate of drug-likeness (QED) is 0.324. The summed E-state index contributed by atoms with van der Waals surface area (Å²) in [6.07, 6.45) is 1.81. The Balaban J connectivity index is 1.84. The molecule has 0 fully saturated rings. The van der Waals surface area contributed by atoms with Crippen LogP contribution in [0.3, 0.4) is 0 Å². The van der Waals surface area contributed by atoms with Crippen molar-refractivity contribution >= 4 is 71.3 Å². The van der Waals surface area contributed by atoms with Crippen molar-refractivity contribution in [1.29, 1.82) is 0 Å². The lowest BCUT2D eigenvalue weighted by Gasteiger charge is -2.19. The van der Waals surface area contributed by atoms with E-state index in [-0.39, 0.29) is 5.91 Å². The highest BCUT2D eigenvalue weighted by molar-refractivity contribution is 9.11. The molecule has 6 heteroatoms. The lowest BCUT2D eigenvalue weighted by molar-refractivity contribution is -0.113. The van der Waals surface area contributed by atoms with E-state index in [0.717, 1.165) is 30.2 Å². The van der Waals surface area contributed by atoms with Gasteiger partial charge in [0.2, 0.25) is 0 Å². The van der Waals surface area contributed by atoms with Gasteiger partial charge in [-0.05, 0) is 54.1 Å². The van der Waals surface area contributed by atoms with E-state index in [1.807, 2.05) is 78.9 Å². The number of amidine groups is 1. The molecule has 28 heavy (non-hydrogen) atoms. The van der Waals surface area contributed by atoms with Crippen molar-refractivity contribution in [1.82, 2.24) is 0 Å². The fourth-order valence-corrected chi connectivity index (χ4v) is 3.88. The molecule has 3 nitrogen and oxygen atoms in total. The van der Waals surface area contributed by atoms with Crippen LogP contribution in [0.25, 0.3) is 6.08 Å². The molecule has 0 radical (unpaired) electrons. The molecule has 1 heterocycles. The topological polar surface area (TPSA) is 32.7 Å². The fraction of sp³-hybridized carbons (Fsp3) is 0. The summed E-state index contributed by atoms with van der Waals surface area (Å²) in [7, 11) is 0. The molecule has 0 aromatic heterocycles. The third-order valence-electron chi connectivity index (χ3n) is 4.23. The molecular formula is C22H13Br3N2O. The first-order valence-corrected chi connectivity index (χ1v) is 10.8. The Morgan fingerprint density at radius 1 is 0.786 bits per heavy atom. The highest BCUT2D eigenvalue weighted by atomic mass is 79.9. The van der Waals surface area contributed by atoms with E-state index in [9.17, 15) is 4.79 Å². The van der Waals surface area contributed by atoms with E-state index in [4.69, 9.17) is 4.99 Å². The largest absolute Gasteiger partial charge is 0.282 e. The van der Waals surface area contributed by atoms with Gasteiger partial charge < -0.3 is 0 Å². The molecule has 0 bridgehead atoms. The standard InChI is InChI=1S/C22H13Br3N2O/c23-15-7-5-14(6-8-15)13-20-22(28)27(17-11-9-16(24)10-12-17)21(26-20)18-3-1-2-4-19(18)25/h1-13H/b20-13+. The second kappa shape index (κ2) is 8.15. The zero-order valence-electron chi connectivity index (χ0n) is 14.4. The number of hydrogen-bond donors (Lipinski definition) is 0. The van der Waals surface area contributed by atoms with E-state index in [2.05, 4.69) is 47.8 Å². The molecule has 0 saturated heterocycles. The predicted molar refractivity (Wildman–Crippen MR) is 124 cm³/mol. The Bertz CT molecular complexity index is 1100. The van der Waals surface area contributed by atoms with Crippen LogP contribution in [0.2, 0.25) is 0 Å². The van der Waals surface area contributed by atoms with Crippen LogP contribution in [0.5, 0.6) is 0 Å². The number of anilines is 1. The summed E-state index contributed by atoms with van der Waals surface area (Å²) in [5, 5.41) is 0. The summed E-state index contributed by atoms with van der Waals surface area (Å²) in [4.78, 5) is 19.6. The average molecular weight is 561 g/mol. The van der Waals surface area contributed by atoms with Gasteiger partial charge in [0.15, 0.2) is 0 Å². The van der Waals surface area contributed by atoms with Crippen molar-refractivity contribution in [3.8, 4) is 0 Å². The molecule has 1 aliphatic heterocycles. The monoisotopic (exact) mass is 558 g/mol. The molecular weight excluding hydrogens is 548 g/mol. The van der Waals surface area contributed by atoms with Gasteiger partial charge in [0.1, 0.15) is 11.5 Å². The van der Waals surface area contributed by atoms with Crippen LogP contribution in [0, 0.1) is 0 Å². The smallest absolute Gasteiger partial charge is 0.266 e. The normalized spacial score (nSPS) is 15.2. The Morgan fingerprint density at radius 2 is 1.39 bits per heavy atom. The van der Waals surface area contributed by atoms with E-state index < -0.39 is 0 Å². The Labute approximate surface area is 188 Å². The third kappa shape index (κ3) is 3.90. The van der Waals surface area contributed by atoms with Gasteiger partial charge in [-0.3, -0.25) is 9.69 Å². The molecule has 138 valence electrons. The fourth-order valence-electron chi connectivity index (χ4n) is 2.89. The maximum Gasteiger partial charge on any atom is 0.282 e. The van der Waals surface area contributed by atoms with Crippen molar-refractivity contribution in [2.45, 2.75) is 0 Å². The first kappa shape index (κ1) is 19.3. The summed E-state index contributed by atoms with van der Waals surface area (Å²) >= 11 is 10.5. The van der Waals surface area contributed by atoms with Gasteiger partial charge >= 0.3 is 0 Å². The summed E-state index contributed by atoms with van der Waals surface area (Å²) in [6, 6.07) is 23.2. The maximum atomic E-state index is 13.3. The summed E-state index contributed by atoms with van der Waals surface area (Å²) < 4.78 is 2.82. The Kier molecular flexibility index (Phi) is 5.62. The third-order valence-corrected chi connectivity index (χ3v) is 5.98. The molecule has 3 aromatic carbocycles. The van der Waals surface area contributed by atoms with Crippen LogP contribution in [0.15, 0.2) is 96.9 Å². The Morgan fingerprint density at radius 3 is 2.04 bits per heavy atom. The molecule has 1 aliphatic rings. The van der Waals surface area contributed by atoms with Gasteiger partial charge in [-0.25, -0.2) is 4.99 Å². The molecule has 0 saturated carbocycles. The second-order valence-electron chi connectivity index (χ2n) is 6.11. The first-order chi connectivity index (χ1) is 13.5. The number of benzene rings is 3. The molecule has 0 unspecified atom stereocenters. The number of rotatable bonds is 3. The molecule has 0 N–H and O–H groups in total. The van der Waals surface area contributed by atoms with Crippen molar-refractivity contribution in [3.63, 3.8) is 0 Å². The molecule has 1 amide bonds. The highest BCUT2D eigenvalue weighted by Crippen LogP contribution is 2.31. The van der Waals surface area contributed by atoms with Gasteiger partial charge in [0, 0.05) is 19.0 Å². The van der Waals surface area contributed by atoms with Crippen molar-refractivity contribution < 1.29 is 4.79 Å². The molecule has 0 spiro atoms. The SMILES string of the molecule is O=C1/C(=C\c2ccc(Br)cc2)N=C(c2ccccc2Br)N1c1ccc(Br)cc1. The average Bonchev–Trinajstić information content (AvgIpc) is 3.01. The minimum absolute atomic E-state index is 0.156. The summed E-state index contributed by atoms with van der Waals surface area (Å²) in [6.45, 7) is 0. The van der Waals surface area contributed by atoms with Crippen molar-refractivity contribution in [3.05, 3.63) is 103 Å². The van der Waals surface area contributed by atoms with Gasteiger partial charge in [0.25, 0.3) is 5.91 Å². The zero-order valence-corrected chi connectivity index (χ0v) is 19.2. The van der Waals surface area contributed by atoms with E-state index in [0.29, 0.717) is 11.5 Å². The van der Waals surface area contributed by atoms with E-state index >= 15 is 0 Å². The molecule has 4 rings (SSSR count). The van der Waals surface area contributed by atoms with Crippen LogP contribution in [0.4, 0.5) is 5.69 Å². The number of carbonyl (C=O) groups excluding carboxylic acids is 1. The summed E-state index contributed by atoms with van der Waals surface area (Å²) in [5.41, 5.74) is 2.94. The minimum Gasteiger partial charge on any atom is -0.266 e. The molecule has 0 aliphatic carbocycles. The highest BCUT2D eigenvalue weighted by Gasteiger charge is 2.33. The zero-order chi connectivity index (χ0) is 19.7. The van der Waals surface area contributed by atoms with Crippen LogP contribution in [0.1, 0.15) is 11.1 Å². The number of carbonyl (C=O) groups is 1. The first-order valence-electron chi connectivity index (χ1n) is 8.44. The lowest BCUT2D eigenvalue weighted by atomic mass is 10.1. The van der Waals surface area contributed by atoms with Crippen LogP contribution < -0.4 is 4.90 Å². The number of aliphatic imine (C=N–C) groups is 1. The van der Waals surface area contributed by atoms with Crippen LogP contribution in [-0.4, -0.2) is 11.7 Å². The van der Waals surface area contributed by atoms with Gasteiger partial charge in [0.05, 0.1) is 5.69 Å². The lowest BCUT2D eigenvalue weighted by Crippen LogP contribution is -2.32. The number of hydrogen-bond acceptors (Lipinski definition) is 2. The van der Waals surface area contributed by atoms with Crippen LogP contribution >= 0.6 is 47.8 Å². The number of nitrogens with zero attached hydrogens (tertiary/aromatic N) is 2. The predicted octanol–water partition coefficient (Wildman–Crippen LogP) is 6.81. The number of amides is 1. The molecule has 3 aromatic rings.